The molecule has 0 fully saturated rings. The van der Waals surface area contributed by atoms with Crippen LogP contribution < -0.4 is 4.74 Å². The molecular formula is C15H14O3. The van der Waals surface area contributed by atoms with E-state index in [-0.39, 0.29) is 11.5 Å². The predicted octanol–water partition coefficient (Wildman–Crippen LogP) is 3.27. The van der Waals surface area contributed by atoms with Crippen LogP contribution in [-0.4, -0.2) is 10.2 Å². The minimum Gasteiger partial charge on any atom is -0.508 e. The molecule has 0 aliphatic carbocycles. The highest BCUT2D eigenvalue weighted by atomic mass is 16.5. The van der Waals surface area contributed by atoms with Gasteiger partial charge in [-0.2, -0.15) is 0 Å². The third-order valence-electron chi connectivity index (χ3n) is 3.60. The first-order valence-electron chi connectivity index (χ1n) is 5.86. The van der Waals surface area contributed by atoms with Gasteiger partial charge in [0.2, 0.25) is 0 Å². The highest BCUT2D eigenvalue weighted by Gasteiger charge is 2.22. The van der Waals surface area contributed by atoms with Gasteiger partial charge in [0.25, 0.3) is 0 Å². The largest absolute Gasteiger partial charge is 0.508 e. The van der Waals surface area contributed by atoms with Gasteiger partial charge in [0.1, 0.15) is 23.9 Å². The molecule has 0 saturated heterocycles. The molecule has 1 aliphatic heterocycles. The van der Waals surface area contributed by atoms with E-state index in [0.717, 1.165) is 33.6 Å². The molecule has 2 aromatic rings. The van der Waals surface area contributed by atoms with Crippen molar-refractivity contribution in [1.29, 1.82) is 0 Å². The van der Waals surface area contributed by atoms with E-state index in [9.17, 15) is 10.2 Å². The average molecular weight is 242 g/mol. The molecule has 3 nitrogen and oxygen atoms in total. The standard InChI is InChI=1S/C15H14O3/c1-8-12-7-18-15-9(2)14(17)6-4-11(15)10(12)3-5-13(8)16/h3-6,16-17H,7H2,1-2H3. The molecule has 3 rings (SSSR count). The van der Waals surface area contributed by atoms with Gasteiger partial charge in [0.15, 0.2) is 0 Å². The molecule has 0 unspecified atom stereocenters. The van der Waals surface area contributed by atoms with Gasteiger partial charge in [0.05, 0.1) is 0 Å². The van der Waals surface area contributed by atoms with Crippen molar-refractivity contribution in [2.75, 3.05) is 0 Å². The first-order valence-corrected chi connectivity index (χ1v) is 5.86. The van der Waals surface area contributed by atoms with Crippen molar-refractivity contribution in [2.24, 2.45) is 0 Å². The molecule has 0 amide bonds. The minimum atomic E-state index is 0.243. The van der Waals surface area contributed by atoms with Crippen molar-refractivity contribution >= 4 is 0 Å². The summed E-state index contributed by atoms with van der Waals surface area (Å²) in [6, 6.07) is 7.13. The second kappa shape index (κ2) is 3.67. The third-order valence-corrected chi connectivity index (χ3v) is 3.60. The number of phenolic OH excluding ortho intramolecular Hbond substituents is 2. The lowest BCUT2D eigenvalue weighted by Crippen LogP contribution is -2.08. The van der Waals surface area contributed by atoms with Crippen LogP contribution in [0.3, 0.4) is 0 Å². The Balaban J connectivity index is 2.31. The van der Waals surface area contributed by atoms with E-state index in [1.165, 1.54) is 0 Å². The Morgan fingerprint density at radius 1 is 0.889 bits per heavy atom. The summed E-state index contributed by atoms with van der Waals surface area (Å²) in [6.45, 7) is 4.15. The number of hydrogen-bond donors (Lipinski definition) is 2. The number of aromatic hydroxyl groups is 2. The van der Waals surface area contributed by atoms with Crippen LogP contribution in [0.15, 0.2) is 24.3 Å². The maximum atomic E-state index is 9.73. The number of hydrogen-bond acceptors (Lipinski definition) is 3. The topological polar surface area (TPSA) is 49.7 Å². The Hall–Kier alpha value is -2.16. The van der Waals surface area contributed by atoms with Crippen LogP contribution in [0.25, 0.3) is 11.1 Å². The number of fused-ring (bicyclic) bond motifs is 3. The van der Waals surface area contributed by atoms with E-state index in [4.69, 9.17) is 4.74 Å². The van der Waals surface area contributed by atoms with E-state index in [2.05, 4.69) is 0 Å². The van der Waals surface area contributed by atoms with Gasteiger partial charge in [-0.25, -0.2) is 0 Å². The fraction of sp³-hybridized carbons (Fsp3) is 0.200. The normalized spacial score (nSPS) is 12.6. The number of rotatable bonds is 0. The van der Waals surface area contributed by atoms with Crippen molar-refractivity contribution < 1.29 is 14.9 Å². The summed E-state index contributed by atoms with van der Waals surface area (Å²) in [5.74, 6) is 1.26. The van der Waals surface area contributed by atoms with Crippen LogP contribution in [-0.2, 0) is 6.61 Å². The van der Waals surface area contributed by atoms with E-state index in [0.29, 0.717) is 6.61 Å². The Morgan fingerprint density at radius 3 is 2.22 bits per heavy atom. The molecule has 2 N–H and O–H groups in total. The maximum absolute atomic E-state index is 9.73. The summed E-state index contributed by atoms with van der Waals surface area (Å²) in [6.07, 6.45) is 0. The quantitative estimate of drug-likeness (QED) is 0.745. The van der Waals surface area contributed by atoms with Gasteiger partial charge in [-0.05, 0) is 43.2 Å². The minimum absolute atomic E-state index is 0.243. The van der Waals surface area contributed by atoms with Gasteiger partial charge in [0, 0.05) is 16.7 Å². The van der Waals surface area contributed by atoms with Gasteiger partial charge in [-0.15, -0.1) is 0 Å². The van der Waals surface area contributed by atoms with Gasteiger partial charge < -0.3 is 14.9 Å². The molecule has 0 bridgehead atoms. The van der Waals surface area contributed by atoms with E-state index < -0.39 is 0 Å². The molecule has 0 atom stereocenters. The van der Waals surface area contributed by atoms with E-state index >= 15 is 0 Å². The molecule has 0 saturated carbocycles. The highest BCUT2D eigenvalue weighted by molar-refractivity contribution is 5.79. The van der Waals surface area contributed by atoms with Crippen molar-refractivity contribution in [3.63, 3.8) is 0 Å². The molecule has 0 spiro atoms. The zero-order chi connectivity index (χ0) is 12.9. The first kappa shape index (κ1) is 11.0. The highest BCUT2D eigenvalue weighted by Crippen LogP contribution is 2.44. The van der Waals surface area contributed by atoms with Crippen molar-refractivity contribution in [1.82, 2.24) is 0 Å². The Morgan fingerprint density at radius 2 is 1.50 bits per heavy atom. The smallest absolute Gasteiger partial charge is 0.134 e. The molecule has 0 aromatic heterocycles. The van der Waals surface area contributed by atoms with Crippen LogP contribution in [0.1, 0.15) is 16.7 Å². The van der Waals surface area contributed by atoms with Crippen LogP contribution in [0.4, 0.5) is 0 Å². The maximum Gasteiger partial charge on any atom is 0.134 e. The van der Waals surface area contributed by atoms with Crippen molar-refractivity contribution in [3.05, 3.63) is 41.0 Å². The van der Waals surface area contributed by atoms with Crippen LogP contribution in [0.5, 0.6) is 17.2 Å². The number of ether oxygens (including phenoxy) is 1. The van der Waals surface area contributed by atoms with Crippen LogP contribution in [0.2, 0.25) is 0 Å². The van der Waals surface area contributed by atoms with Crippen molar-refractivity contribution in [2.45, 2.75) is 20.5 Å². The zero-order valence-corrected chi connectivity index (χ0v) is 10.3. The lowest BCUT2D eigenvalue weighted by Gasteiger charge is -2.24. The average Bonchev–Trinajstić information content (AvgIpc) is 2.38. The van der Waals surface area contributed by atoms with E-state index in [1.807, 2.05) is 26.0 Å². The summed E-state index contributed by atoms with van der Waals surface area (Å²) < 4.78 is 5.73. The molecule has 1 heterocycles. The fourth-order valence-electron chi connectivity index (χ4n) is 2.41. The Labute approximate surface area is 105 Å². The molecule has 3 heteroatoms. The van der Waals surface area contributed by atoms with Gasteiger partial charge in [-0.3, -0.25) is 0 Å². The van der Waals surface area contributed by atoms with Crippen LogP contribution >= 0.6 is 0 Å². The zero-order valence-electron chi connectivity index (χ0n) is 10.3. The van der Waals surface area contributed by atoms with Crippen molar-refractivity contribution in [3.8, 4) is 28.4 Å². The lowest BCUT2D eigenvalue weighted by atomic mass is 9.92. The number of phenols is 2. The fourth-order valence-corrected chi connectivity index (χ4v) is 2.41. The van der Waals surface area contributed by atoms with E-state index in [1.54, 1.807) is 12.1 Å². The third kappa shape index (κ3) is 1.37. The second-order valence-corrected chi connectivity index (χ2v) is 4.61. The summed E-state index contributed by atoms with van der Waals surface area (Å²) in [4.78, 5) is 0. The van der Waals surface area contributed by atoms with Gasteiger partial charge in [-0.1, -0.05) is 6.07 Å². The lowest BCUT2D eigenvalue weighted by molar-refractivity contribution is 0.296. The summed E-state index contributed by atoms with van der Waals surface area (Å²) in [5, 5.41) is 19.4. The monoisotopic (exact) mass is 242 g/mol. The Kier molecular flexibility index (Phi) is 2.23. The summed E-state index contributed by atoms with van der Waals surface area (Å²) in [5.41, 5.74) is 4.64. The van der Waals surface area contributed by atoms with Gasteiger partial charge >= 0.3 is 0 Å². The number of benzene rings is 2. The van der Waals surface area contributed by atoms with Crippen LogP contribution in [0, 0.1) is 13.8 Å². The second-order valence-electron chi connectivity index (χ2n) is 4.61. The molecule has 0 radical (unpaired) electrons. The molecule has 2 aromatic carbocycles. The summed E-state index contributed by atoms with van der Waals surface area (Å²) in [7, 11) is 0. The predicted molar refractivity (Wildman–Crippen MR) is 69.0 cm³/mol. The summed E-state index contributed by atoms with van der Waals surface area (Å²) >= 11 is 0. The first-order chi connectivity index (χ1) is 8.59. The Bertz CT molecular complexity index is 587. The molecule has 92 valence electrons. The SMILES string of the molecule is Cc1c(O)ccc2c1COc1c-2ccc(O)c1C. The molecule has 1 aliphatic rings. The molecule has 18 heavy (non-hydrogen) atoms. The molecular weight excluding hydrogens is 228 g/mol.